The molecule has 1 saturated carbocycles. The van der Waals surface area contributed by atoms with E-state index < -0.39 is 0 Å². The average Bonchev–Trinajstić information content (AvgIpc) is 2.35. The molecule has 0 aromatic heterocycles. The van der Waals surface area contributed by atoms with Crippen LogP contribution in [0.4, 0.5) is 0 Å². The van der Waals surface area contributed by atoms with Gasteiger partial charge in [-0.25, -0.2) is 0 Å². The van der Waals surface area contributed by atoms with Crippen molar-refractivity contribution >= 4 is 5.91 Å². The Labute approximate surface area is 117 Å². The van der Waals surface area contributed by atoms with Crippen molar-refractivity contribution in [2.24, 2.45) is 11.1 Å². The number of nitrogens with zero attached hydrogens (tertiary/aromatic N) is 1. The van der Waals surface area contributed by atoms with Crippen molar-refractivity contribution in [1.82, 2.24) is 10.2 Å². The first-order chi connectivity index (χ1) is 9.13. The zero-order valence-corrected chi connectivity index (χ0v) is 12.3. The monoisotopic (exact) mass is 267 g/mol. The van der Waals surface area contributed by atoms with Gasteiger partial charge in [-0.15, -0.1) is 0 Å². The normalized spacial score (nSPS) is 24.5. The molecule has 0 spiro atoms. The molecular weight excluding hydrogens is 238 g/mol. The van der Waals surface area contributed by atoms with Crippen LogP contribution in [0, 0.1) is 5.41 Å². The molecule has 0 aromatic rings. The molecule has 110 valence electrons. The molecule has 1 aliphatic heterocycles. The van der Waals surface area contributed by atoms with Gasteiger partial charge in [0.05, 0.1) is 0 Å². The molecular formula is C15H29N3O. The fraction of sp³-hybridized carbons (Fsp3) is 0.933. The Morgan fingerprint density at radius 1 is 1.26 bits per heavy atom. The quantitative estimate of drug-likeness (QED) is 0.766. The van der Waals surface area contributed by atoms with Crippen LogP contribution in [0.5, 0.6) is 0 Å². The van der Waals surface area contributed by atoms with Crippen molar-refractivity contribution < 1.29 is 4.79 Å². The third-order valence-electron chi connectivity index (χ3n) is 4.77. The lowest BCUT2D eigenvalue weighted by atomic mass is 9.66. The molecule has 0 aromatic carbocycles. The number of piperidine rings is 1. The summed E-state index contributed by atoms with van der Waals surface area (Å²) in [6.07, 6.45) is 8.06. The van der Waals surface area contributed by atoms with Crippen LogP contribution in [0.15, 0.2) is 0 Å². The van der Waals surface area contributed by atoms with Crippen molar-refractivity contribution in [1.29, 1.82) is 0 Å². The second-order valence-electron chi connectivity index (χ2n) is 6.56. The first-order valence-corrected chi connectivity index (χ1v) is 7.85. The Kier molecular flexibility index (Phi) is 5.22. The van der Waals surface area contributed by atoms with Crippen LogP contribution in [0.1, 0.15) is 51.9 Å². The molecule has 2 rings (SSSR count). The Bertz CT molecular complexity index is 290. The topological polar surface area (TPSA) is 58.4 Å². The fourth-order valence-corrected chi connectivity index (χ4v) is 3.37. The minimum Gasteiger partial charge on any atom is -0.352 e. The highest BCUT2D eigenvalue weighted by molar-refractivity contribution is 5.77. The lowest BCUT2D eigenvalue weighted by Gasteiger charge is -2.40. The molecule has 3 N–H and O–H groups in total. The van der Waals surface area contributed by atoms with Crippen molar-refractivity contribution in [2.75, 3.05) is 26.2 Å². The van der Waals surface area contributed by atoms with Crippen LogP contribution < -0.4 is 11.1 Å². The van der Waals surface area contributed by atoms with E-state index in [-0.39, 0.29) is 17.4 Å². The Morgan fingerprint density at radius 2 is 1.95 bits per heavy atom. The van der Waals surface area contributed by atoms with Gasteiger partial charge in [0.2, 0.25) is 5.91 Å². The maximum Gasteiger partial charge on any atom is 0.220 e. The SMILES string of the molecule is CC(CN1CCCCC1)NC(=O)CC1(CN)CCC1. The molecule has 0 radical (unpaired) electrons. The van der Waals surface area contributed by atoms with Crippen molar-refractivity contribution in [3.05, 3.63) is 0 Å². The standard InChI is InChI=1S/C15H29N3O/c1-13(11-18-8-3-2-4-9-18)17-14(19)10-15(12-16)6-5-7-15/h13H,2-12,16H2,1H3,(H,17,19). The van der Waals surface area contributed by atoms with E-state index in [1.54, 1.807) is 0 Å². The first kappa shape index (κ1) is 14.8. The van der Waals surface area contributed by atoms with Crippen molar-refractivity contribution in [3.8, 4) is 0 Å². The highest BCUT2D eigenvalue weighted by Gasteiger charge is 2.37. The largest absolute Gasteiger partial charge is 0.352 e. The Morgan fingerprint density at radius 3 is 2.47 bits per heavy atom. The smallest absolute Gasteiger partial charge is 0.220 e. The molecule has 1 unspecified atom stereocenters. The maximum atomic E-state index is 12.1. The molecule has 1 atom stereocenters. The van der Waals surface area contributed by atoms with Gasteiger partial charge in [-0.3, -0.25) is 4.79 Å². The minimum atomic E-state index is 0.120. The van der Waals surface area contributed by atoms with E-state index in [1.807, 2.05) is 0 Å². The second kappa shape index (κ2) is 6.71. The van der Waals surface area contributed by atoms with Gasteiger partial charge in [-0.05, 0) is 57.7 Å². The molecule has 1 amide bonds. The molecule has 2 fully saturated rings. The predicted octanol–water partition coefficient (Wildman–Crippen LogP) is 1.50. The molecule has 19 heavy (non-hydrogen) atoms. The summed E-state index contributed by atoms with van der Waals surface area (Å²) in [4.78, 5) is 14.5. The third-order valence-corrected chi connectivity index (χ3v) is 4.77. The molecule has 4 heteroatoms. The van der Waals surface area contributed by atoms with Crippen LogP contribution in [0.2, 0.25) is 0 Å². The van der Waals surface area contributed by atoms with Crippen molar-refractivity contribution in [3.63, 3.8) is 0 Å². The summed E-state index contributed by atoms with van der Waals surface area (Å²) in [7, 11) is 0. The van der Waals surface area contributed by atoms with Crippen molar-refractivity contribution in [2.45, 2.75) is 57.9 Å². The Balaban J connectivity index is 1.69. The van der Waals surface area contributed by atoms with Gasteiger partial charge in [0.15, 0.2) is 0 Å². The highest BCUT2D eigenvalue weighted by Crippen LogP contribution is 2.42. The van der Waals surface area contributed by atoms with Gasteiger partial charge in [-0.1, -0.05) is 12.8 Å². The first-order valence-electron chi connectivity index (χ1n) is 7.85. The van der Waals surface area contributed by atoms with E-state index >= 15 is 0 Å². The number of carbonyl (C=O) groups excluding carboxylic acids is 1. The average molecular weight is 267 g/mol. The van der Waals surface area contributed by atoms with E-state index in [0.29, 0.717) is 13.0 Å². The molecule has 4 nitrogen and oxygen atoms in total. The zero-order chi connectivity index (χ0) is 13.7. The molecule has 0 bridgehead atoms. The van der Waals surface area contributed by atoms with Gasteiger partial charge in [-0.2, -0.15) is 0 Å². The molecule has 1 saturated heterocycles. The van der Waals surface area contributed by atoms with Crippen LogP contribution in [0.25, 0.3) is 0 Å². The fourth-order valence-electron chi connectivity index (χ4n) is 3.37. The van der Waals surface area contributed by atoms with Crippen LogP contribution in [-0.2, 0) is 4.79 Å². The number of amides is 1. The minimum absolute atomic E-state index is 0.120. The summed E-state index contributed by atoms with van der Waals surface area (Å²) in [5.41, 5.74) is 5.93. The van der Waals surface area contributed by atoms with Crippen LogP contribution in [-0.4, -0.2) is 43.0 Å². The van der Waals surface area contributed by atoms with E-state index in [9.17, 15) is 4.79 Å². The number of hydrogen-bond donors (Lipinski definition) is 2. The lowest BCUT2D eigenvalue weighted by molar-refractivity contribution is -0.125. The van der Waals surface area contributed by atoms with E-state index in [4.69, 9.17) is 5.73 Å². The highest BCUT2D eigenvalue weighted by atomic mass is 16.1. The summed E-state index contributed by atoms with van der Waals surface area (Å²) < 4.78 is 0. The summed E-state index contributed by atoms with van der Waals surface area (Å²) in [6, 6.07) is 0.250. The molecule has 1 aliphatic carbocycles. The summed E-state index contributed by atoms with van der Waals surface area (Å²) in [5, 5.41) is 3.15. The summed E-state index contributed by atoms with van der Waals surface area (Å²) in [6.45, 7) is 6.13. The third kappa shape index (κ3) is 4.18. The van der Waals surface area contributed by atoms with Gasteiger partial charge in [0.25, 0.3) is 0 Å². The zero-order valence-electron chi connectivity index (χ0n) is 12.3. The number of rotatable bonds is 6. The number of likely N-dealkylation sites (tertiary alicyclic amines) is 1. The van der Waals surface area contributed by atoms with Gasteiger partial charge in [0, 0.05) is 19.0 Å². The molecule has 2 aliphatic rings. The van der Waals surface area contributed by atoms with E-state index in [2.05, 4.69) is 17.1 Å². The number of carbonyl (C=O) groups is 1. The van der Waals surface area contributed by atoms with Gasteiger partial charge in [0.1, 0.15) is 0 Å². The van der Waals surface area contributed by atoms with Gasteiger partial charge >= 0.3 is 0 Å². The number of hydrogen-bond acceptors (Lipinski definition) is 3. The second-order valence-corrected chi connectivity index (χ2v) is 6.56. The lowest BCUT2D eigenvalue weighted by Crippen LogP contribution is -2.47. The van der Waals surface area contributed by atoms with Crippen LogP contribution in [0.3, 0.4) is 0 Å². The summed E-state index contributed by atoms with van der Waals surface area (Å²) in [5.74, 6) is 0.189. The maximum absolute atomic E-state index is 12.1. The van der Waals surface area contributed by atoms with Gasteiger partial charge < -0.3 is 16.0 Å². The summed E-state index contributed by atoms with van der Waals surface area (Å²) >= 11 is 0. The predicted molar refractivity (Wildman–Crippen MR) is 77.9 cm³/mol. The number of nitrogens with one attached hydrogen (secondary N) is 1. The van der Waals surface area contributed by atoms with Crippen LogP contribution >= 0.6 is 0 Å². The molecule has 1 heterocycles. The number of nitrogens with two attached hydrogens (primary N) is 1. The van der Waals surface area contributed by atoms with E-state index in [0.717, 1.165) is 19.4 Å². The Hall–Kier alpha value is -0.610. The van der Waals surface area contributed by atoms with E-state index in [1.165, 1.54) is 38.8 Å².